The van der Waals surface area contributed by atoms with Crippen LogP contribution in [-0.4, -0.2) is 24.2 Å². The first kappa shape index (κ1) is 25.1. The molecule has 37 heavy (non-hydrogen) atoms. The number of carbonyl (C=O) groups is 1. The molecule has 2 heterocycles. The third kappa shape index (κ3) is 5.16. The molecular formula is C28H23Cl2NO6. The highest BCUT2D eigenvalue weighted by Gasteiger charge is 2.24. The Bertz CT molecular complexity index is 1550. The highest BCUT2D eigenvalue weighted by molar-refractivity contribution is 6.42. The molecule has 0 aliphatic carbocycles. The quantitative estimate of drug-likeness (QED) is 0.251. The van der Waals surface area contributed by atoms with E-state index in [4.69, 9.17) is 41.8 Å². The van der Waals surface area contributed by atoms with Crippen LogP contribution >= 0.6 is 23.2 Å². The maximum atomic E-state index is 13.4. The van der Waals surface area contributed by atoms with Crippen LogP contribution in [0.15, 0.2) is 63.8 Å². The molecule has 9 heteroatoms. The van der Waals surface area contributed by atoms with Gasteiger partial charge in [0.2, 0.25) is 11.2 Å². The van der Waals surface area contributed by atoms with E-state index in [0.717, 1.165) is 11.1 Å². The van der Waals surface area contributed by atoms with Crippen LogP contribution in [0.1, 0.15) is 34.2 Å². The van der Waals surface area contributed by atoms with Crippen molar-refractivity contribution in [1.29, 1.82) is 0 Å². The number of rotatable bonds is 6. The summed E-state index contributed by atoms with van der Waals surface area (Å²) in [7, 11) is 0. The number of benzene rings is 3. The number of ether oxygens (including phenoxy) is 3. The normalized spacial score (nSPS) is 13.2. The fraction of sp³-hybridized carbons (Fsp3) is 0.214. The van der Waals surface area contributed by atoms with Crippen molar-refractivity contribution in [2.75, 3.05) is 13.3 Å². The molecule has 4 aromatic rings. The van der Waals surface area contributed by atoms with Gasteiger partial charge in [-0.3, -0.25) is 9.69 Å². The van der Waals surface area contributed by atoms with Crippen molar-refractivity contribution in [3.05, 3.63) is 97.3 Å². The van der Waals surface area contributed by atoms with Crippen molar-refractivity contribution in [3.8, 4) is 17.2 Å². The topological polar surface area (TPSA) is 78.2 Å². The van der Waals surface area contributed by atoms with Crippen LogP contribution in [-0.2, 0) is 17.8 Å². The molecule has 0 unspecified atom stereocenters. The lowest BCUT2D eigenvalue weighted by Gasteiger charge is -2.29. The first-order chi connectivity index (χ1) is 17.8. The highest BCUT2D eigenvalue weighted by Crippen LogP contribution is 2.35. The van der Waals surface area contributed by atoms with Gasteiger partial charge in [0, 0.05) is 13.1 Å². The van der Waals surface area contributed by atoms with Crippen molar-refractivity contribution in [2.45, 2.75) is 26.9 Å². The van der Waals surface area contributed by atoms with Gasteiger partial charge in [-0.2, -0.15) is 0 Å². The Morgan fingerprint density at radius 1 is 1.05 bits per heavy atom. The molecule has 3 aromatic carbocycles. The standard InChI is InChI=1S/C28H23Cl2NO6/c1-3-34-28(33)18-5-7-19(8-6-18)37-26-16(2)36-27-20(25(26)32)9-11-24-21(27)14-31(15-35-24)13-17-4-10-22(29)23(30)12-17/h4-12H,3,13-15H2,1-2H3. The molecule has 5 rings (SSSR count). The second-order valence-electron chi connectivity index (χ2n) is 8.59. The molecule has 0 saturated carbocycles. The Balaban J connectivity index is 1.42. The molecule has 0 saturated heterocycles. The Morgan fingerprint density at radius 2 is 1.84 bits per heavy atom. The molecule has 1 aromatic heterocycles. The number of aryl methyl sites for hydroxylation is 1. The number of halogens is 2. The summed E-state index contributed by atoms with van der Waals surface area (Å²) in [6.45, 7) is 5.19. The van der Waals surface area contributed by atoms with Gasteiger partial charge in [0.05, 0.1) is 33.2 Å². The van der Waals surface area contributed by atoms with Gasteiger partial charge in [-0.15, -0.1) is 0 Å². The first-order valence-corrected chi connectivity index (χ1v) is 12.4. The smallest absolute Gasteiger partial charge is 0.338 e. The molecule has 0 fully saturated rings. The minimum atomic E-state index is -0.421. The van der Waals surface area contributed by atoms with E-state index in [1.54, 1.807) is 56.3 Å². The van der Waals surface area contributed by atoms with E-state index in [0.29, 0.717) is 63.7 Å². The maximum absolute atomic E-state index is 13.4. The minimum Gasteiger partial charge on any atom is -0.478 e. The van der Waals surface area contributed by atoms with Crippen LogP contribution in [0.25, 0.3) is 11.0 Å². The summed E-state index contributed by atoms with van der Waals surface area (Å²) in [5, 5.41) is 1.39. The van der Waals surface area contributed by atoms with E-state index in [1.165, 1.54) is 0 Å². The monoisotopic (exact) mass is 539 g/mol. The Labute approximate surface area is 223 Å². The van der Waals surface area contributed by atoms with Gasteiger partial charge in [0.25, 0.3) is 0 Å². The highest BCUT2D eigenvalue weighted by atomic mass is 35.5. The van der Waals surface area contributed by atoms with Crippen LogP contribution in [0.2, 0.25) is 10.0 Å². The van der Waals surface area contributed by atoms with Crippen LogP contribution in [0, 0.1) is 6.92 Å². The molecule has 0 bridgehead atoms. The minimum absolute atomic E-state index is 0.0840. The van der Waals surface area contributed by atoms with Crippen molar-refractivity contribution in [1.82, 2.24) is 4.90 Å². The van der Waals surface area contributed by atoms with Crippen LogP contribution in [0.5, 0.6) is 17.2 Å². The van der Waals surface area contributed by atoms with Crippen molar-refractivity contribution < 1.29 is 23.4 Å². The third-order valence-corrected chi connectivity index (χ3v) is 6.74. The average molecular weight is 540 g/mol. The van der Waals surface area contributed by atoms with E-state index >= 15 is 0 Å². The molecule has 0 spiro atoms. The third-order valence-electron chi connectivity index (χ3n) is 6.00. The zero-order valence-corrected chi connectivity index (χ0v) is 21.7. The van der Waals surface area contributed by atoms with E-state index in [-0.39, 0.29) is 17.8 Å². The zero-order chi connectivity index (χ0) is 26.1. The Kier molecular flexibility index (Phi) is 7.11. The molecule has 0 atom stereocenters. The molecule has 0 amide bonds. The second-order valence-corrected chi connectivity index (χ2v) is 9.41. The van der Waals surface area contributed by atoms with Gasteiger partial charge >= 0.3 is 5.97 Å². The second kappa shape index (κ2) is 10.5. The van der Waals surface area contributed by atoms with E-state index < -0.39 is 5.97 Å². The number of fused-ring (bicyclic) bond motifs is 3. The number of hydrogen-bond acceptors (Lipinski definition) is 7. The van der Waals surface area contributed by atoms with E-state index in [9.17, 15) is 9.59 Å². The summed E-state index contributed by atoms with van der Waals surface area (Å²) in [5.41, 5.74) is 2.34. The molecule has 0 N–H and O–H groups in total. The summed E-state index contributed by atoms with van der Waals surface area (Å²) in [5.74, 6) is 1.07. The van der Waals surface area contributed by atoms with Crippen LogP contribution in [0.3, 0.4) is 0 Å². The largest absolute Gasteiger partial charge is 0.478 e. The fourth-order valence-electron chi connectivity index (χ4n) is 4.21. The summed E-state index contributed by atoms with van der Waals surface area (Å²) >= 11 is 12.2. The lowest BCUT2D eigenvalue weighted by atomic mass is 10.1. The van der Waals surface area contributed by atoms with Crippen LogP contribution < -0.4 is 14.9 Å². The lowest BCUT2D eigenvalue weighted by Crippen LogP contribution is -2.31. The zero-order valence-electron chi connectivity index (χ0n) is 20.2. The number of hydrogen-bond donors (Lipinski definition) is 0. The Hall–Kier alpha value is -3.52. The predicted octanol–water partition coefficient (Wildman–Crippen LogP) is 6.73. The average Bonchev–Trinajstić information content (AvgIpc) is 2.89. The van der Waals surface area contributed by atoms with Crippen molar-refractivity contribution in [2.24, 2.45) is 0 Å². The molecule has 0 radical (unpaired) electrons. The fourth-order valence-corrected chi connectivity index (χ4v) is 4.53. The van der Waals surface area contributed by atoms with Gasteiger partial charge < -0.3 is 18.6 Å². The first-order valence-electron chi connectivity index (χ1n) is 11.7. The van der Waals surface area contributed by atoms with Gasteiger partial charge in [-0.25, -0.2) is 4.79 Å². The van der Waals surface area contributed by atoms with E-state index in [2.05, 4.69) is 4.90 Å². The SMILES string of the molecule is CCOC(=O)c1ccc(Oc2c(C)oc3c4c(ccc3c2=O)OCN(Cc2ccc(Cl)c(Cl)c2)C4)cc1. The van der Waals surface area contributed by atoms with Gasteiger partial charge in [0.1, 0.15) is 29.6 Å². The van der Waals surface area contributed by atoms with Gasteiger partial charge in [-0.05, 0) is 67.9 Å². The molecule has 7 nitrogen and oxygen atoms in total. The molecular weight excluding hydrogens is 517 g/mol. The summed E-state index contributed by atoms with van der Waals surface area (Å²) in [6.07, 6.45) is 0. The summed E-state index contributed by atoms with van der Waals surface area (Å²) < 4.78 is 23.0. The molecule has 1 aliphatic heterocycles. The predicted molar refractivity (Wildman–Crippen MR) is 141 cm³/mol. The van der Waals surface area contributed by atoms with Crippen molar-refractivity contribution >= 4 is 40.1 Å². The number of carbonyl (C=O) groups excluding carboxylic acids is 1. The summed E-state index contributed by atoms with van der Waals surface area (Å²) in [6, 6.07) is 15.4. The molecule has 1 aliphatic rings. The number of esters is 1. The summed E-state index contributed by atoms with van der Waals surface area (Å²) in [4.78, 5) is 27.4. The van der Waals surface area contributed by atoms with Gasteiger partial charge in [0.15, 0.2) is 0 Å². The Morgan fingerprint density at radius 3 is 2.57 bits per heavy atom. The van der Waals surface area contributed by atoms with Crippen molar-refractivity contribution in [3.63, 3.8) is 0 Å². The maximum Gasteiger partial charge on any atom is 0.338 e. The van der Waals surface area contributed by atoms with Crippen LogP contribution in [0.4, 0.5) is 0 Å². The number of nitrogens with zero attached hydrogens (tertiary/aromatic N) is 1. The van der Waals surface area contributed by atoms with Gasteiger partial charge in [-0.1, -0.05) is 29.3 Å². The van der Waals surface area contributed by atoms with E-state index in [1.807, 2.05) is 12.1 Å². The molecule has 190 valence electrons. The lowest BCUT2D eigenvalue weighted by molar-refractivity contribution is 0.0526.